The Morgan fingerprint density at radius 3 is 2.43 bits per heavy atom. The van der Waals surface area contributed by atoms with Crippen LogP contribution in [0.4, 0.5) is 17.6 Å². The molecule has 202 valence electrons. The molecule has 2 aromatic heterocycles. The highest BCUT2D eigenvalue weighted by molar-refractivity contribution is 5.82. The number of aromatic nitrogens is 3. The predicted molar refractivity (Wildman–Crippen MR) is 127 cm³/mol. The van der Waals surface area contributed by atoms with Crippen molar-refractivity contribution in [1.29, 1.82) is 0 Å². The summed E-state index contributed by atoms with van der Waals surface area (Å²) in [5.74, 6) is -4.89. The van der Waals surface area contributed by atoms with Crippen molar-refractivity contribution in [2.75, 3.05) is 0 Å². The quantitative estimate of drug-likeness (QED) is 0.430. The number of hydrogen-bond acceptors (Lipinski definition) is 4. The van der Waals surface area contributed by atoms with Crippen molar-refractivity contribution in [3.8, 4) is 0 Å². The zero-order valence-corrected chi connectivity index (χ0v) is 20.8. The molecular weight excluding hydrogens is 490 g/mol. The second-order valence-corrected chi connectivity index (χ2v) is 10.9. The molecule has 3 aliphatic rings. The largest absolute Gasteiger partial charge is 0.349 e. The van der Waals surface area contributed by atoms with Crippen LogP contribution in [0.1, 0.15) is 88.1 Å². The molecule has 7 nitrogen and oxygen atoms in total. The zero-order chi connectivity index (χ0) is 26.3. The van der Waals surface area contributed by atoms with Gasteiger partial charge < -0.3 is 10.6 Å². The van der Waals surface area contributed by atoms with Crippen LogP contribution in [0.25, 0.3) is 5.65 Å². The second kappa shape index (κ2) is 10.2. The van der Waals surface area contributed by atoms with Crippen molar-refractivity contribution in [2.24, 2.45) is 23.7 Å². The number of carbonyl (C=O) groups excluding carboxylic acids is 2. The van der Waals surface area contributed by atoms with Gasteiger partial charge in [0.1, 0.15) is 0 Å². The van der Waals surface area contributed by atoms with Crippen LogP contribution in [0.5, 0.6) is 0 Å². The molecule has 5 rings (SSSR count). The summed E-state index contributed by atoms with van der Waals surface area (Å²) in [6, 6.07) is 1.03. The molecule has 0 aromatic carbocycles. The number of halogens is 4. The first-order chi connectivity index (χ1) is 17.6. The molecule has 2 aromatic rings. The summed E-state index contributed by atoms with van der Waals surface area (Å²) in [6.07, 6.45) is 3.97. The Kier molecular flexibility index (Phi) is 7.15. The van der Waals surface area contributed by atoms with Gasteiger partial charge in [0.2, 0.25) is 24.2 Å². The Hall–Kier alpha value is -2.72. The summed E-state index contributed by atoms with van der Waals surface area (Å²) in [5, 5.41) is 10.4. The average molecular weight is 524 g/mol. The van der Waals surface area contributed by atoms with E-state index in [0.717, 1.165) is 24.8 Å². The SMILES string of the molecule is CCCC(=O)N[C@@H](c1cnn2cc([C@@H](NC(=O)[C@@H]3C[C@H]3C(F)F)C3CCC(F)(F)CC3)nc2c1)C1CC1. The summed E-state index contributed by atoms with van der Waals surface area (Å²) < 4.78 is 55.3. The molecular formula is C26H33F4N5O2. The maximum Gasteiger partial charge on any atom is 0.248 e. The van der Waals surface area contributed by atoms with Crippen LogP contribution in [-0.2, 0) is 9.59 Å². The van der Waals surface area contributed by atoms with E-state index in [2.05, 4.69) is 20.7 Å². The highest BCUT2D eigenvalue weighted by Crippen LogP contribution is 2.46. The van der Waals surface area contributed by atoms with Gasteiger partial charge in [-0.1, -0.05) is 6.92 Å². The molecule has 3 aliphatic carbocycles. The van der Waals surface area contributed by atoms with Crippen molar-refractivity contribution in [2.45, 2.75) is 89.1 Å². The van der Waals surface area contributed by atoms with Crippen LogP contribution >= 0.6 is 0 Å². The van der Waals surface area contributed by atoms with E-state index in [9.17, 15) is 27.2 Å². The first kappa shape index (κ1) is 25.9. The summed E-state index contributed by atoms with van der Waals surface area (Å²) in [4.78, 5) is 29.7. The van der Waals surface area contributed by atoms with Gasteiger partial charge in [0.15, 0.2) is 5.65 Å². The van der Waals surface area contributed by atoms with Crippen LogP contribution in [0.15, 0.2) is 18.5 Å². The minimum absolute atomic E-state index is 0.0117. The number of fused-ring (bicyclic) bond motifs is 1. The number of nitrogens with one attached hydrogen (secondary N) is 2. The fourth-order valence-electron chi connectivity index (χ4n) is 5.49. The summed E-state index contributed by atoms with van der Waals surface area (Å²) >= 11 is 0. The van der Waals surface area contributed by atoms with Crippen LogP contribution in [-0.4, -0.2) is 38.8 Å². The third-order valence-electron chi connectivity index (χ3n) is 7.96. The smallest absolute Gasteiger partial charge is 0.248 e. The second-order valence-electron chi connectivity index (χ2n) is 10.9. The number of carbonyl (C=O) groups is 2. The van der Waals surface area contributed by atoms with Crippen molar-refractivity contribution >= 4 is 17.5 Å². The van der Waals surface area contributed by atoms with Gasteiger partial charge in [-0.05, 0) is 62.0 Å². The third kappa shape index (κ3) is 5.90. The first-order valence-electron chi connectivity index (χ1n) is 13.3. The van der Waals surface area contributed by atoms with E-state index in [1.165, 1.54) is 0 Å². The lowest BCUT2D eigenvalue weighted by molar-refractivity contribution is -0.125. The molecule has 2 heterocycles. The molecule has 3 fully saturated rings. The van der Waals surface area contributed by atoms with Crippen LogP contribution in [0.2, 0.25) is 0 Å². The molecule has 0 unspecified atom stereocenters. The average Bonchev–Trinajstić information content (AvgIpc) is 3.77. The number of imidazole rings is 1. The lowest BCUT2D eigenvalue weighted by atomic mass is 9.81. The van der Waals surface area contributed by atoms with Gasteiger partial charge >= 0.3 is 0 Å². The lowest BCUT2D eigenvalue weighted by Crippen LogP contribution is -2.38. The summed E-state index contributed by atoms with van der Waals surface area (Å²) in [5.41, 5.74) is 1.83. The predicted octanol–water partition coefficient (Wildman–Crippen LogP) is 4.98. The standard InChI is InChI=1S/C26H33F4N5O2/c1-2-3-21(36)33-22(14-4-5-14)16-10-20-32-19(13-35(20)31-12-16)23(15-6-8-26(29,30)9-7-15)34-25(37)18-11-17(18)24(27)28/h10,12-15,17-18,22-24H,2-9,11H2,1H3,(H,33,36)(H,34,37)/t17-,18-,22-,23+/m1/s1. The van der Waals surface area contributed by atoms with Crippen molar-refractivity contribution in [3.63, 3.8) is 0 Å². The molecule has 0 saturated heterocycles. The highest BCUT2D eigenvalue weighted by atomic mass is 19.3. The Balaban J connectivity index is 1.39. The fourth-order valence-corrected chi connectivity index (χ4v) is 5.49. The van der Waals surface area contributed by atoms with Gasteiger partial charge in [0.25, 0.3) is 0 Å². The molecule has 11 heteroatoms. The van der Waals surface area contributed by atoms with Gasteiger partial charge in [-0.2, -0.15) is 5.10 Å². The van der Waals surface area contributed by atoms with Gasteiger partial charge in [-0.25, -0.2) is 27.1 Å². The van der Waals surface area contributed by atoms with E-state index in [-0.39, 0.29) is 50.0 Å². The van der Waals surface area contributed by atoms with Gasteiger partial charge in [0.05, 0.1) is 30.2 Å². The third-order valence-corrected chi connectivity index (χ3v) is 7.96. The number of rotatable bonds is 10. The summed E-state index contributed by atoms with van der Waals surface area (Å²) in [6.45, 7) is 1.95. The number of nitrogens with zero attached hydrogens (tertiary/aromatic N) is 3. The van der Waals surface area contributed by atoms with Crippen molar-refractivity contribution < 1.29 is 27.2 Å². The fraction of sp³-hybridized carbons (Fsp3) is 0.692. The minimum atomic E-state index is -2.74. The number of alkyl halides is 4. The van der Waals surface area contributed by atoms with E-state index in [1.54, 1.807) is 16.9 Å². The molecule has 2 amide bonds. The highest BCUT2D eigenvalue weighted by Gasteiger charge is 2.50. The molecule has 37 heavy (non-hydrogen) atoms. The minimum Gasteiger partial charge on any atom is -0.349 e. The molecule has 4 atom stereocenters. The molecule has 0 bridgehead atoms. The Bertz CT molecular complexity index is 1140. The van der Waals surface area contributed by atoms with E-state index < -0.39 is 36.1 Å². The van der Waals surface area contributed by atoms with Crippen LogP contribution in [0, 0.1) is 23.7 Å². The van der Waals surface area contributed by atoms with E-state index >= 15 is 0 Å². The van der Waals surface area contributed by atoms with E-state index in [0.29, 0.717) is 23.7 Å². The summed E-state index contributed by atoms with van der Waals surface area (Å²) in [7, 11) is 0. The topological polar surface area (TPSA) is 88.4 Å². The first-order valence-corrected chi connectivity index (χ1v) is 13.3. The van der Waals surface area contributed by atoms with Crippen LogP contribution < -0.4 is 10.6 Å². The van der Waals surface area contributed by atoms with Crippen LogP contribution in [0.3, 0.4) is 0 Å². The normalized spacial score (nSPS) is 25.1. The van der Waals surface area contributed by atoms with Gasteiger partial charge in [0, 0.05) is 31.1 Å². The van der Waals surface area contributed by atoms with Crippen molar-refractivity contribution in [3.05, 3.63) is 29.7 Å². The van der Waals surface area contributed by atoms with E-state index in [4.69, 9.17) is 0 Å². The molecule has 0 radical (unpaired) electrons. The van der Waals surface area contributed by atoms with E-state index in [1.807, 2.05) is 13.0 Å². The maximum atomic E-state index is 13.9. The Labute approximate surface area is 212 Å². The maximum absolute atomic E-state index is 13.9. The van der Waals surface area contributed by atoms with Crippen molar-refractivity contribution in [1.82, 2.24) is 25.2 Å². The van der Waals surface area contributed by atoms with Gasteiger partial charge in [-0.3, -0.25) is 9.59 Å². The monoisotopic (exact) mass is 523 g/mol. The Morgan fingerprint density at radius 1 is 1.11 bits per heavy atom. The molecule has 0 aliphatic heterocycles. The Morgan fingerprint density at radius 2 is 1.81 bits per heavy atom. The zero-order valence-electron chi connectivity index (χ0n) is 20.8. The number of hydrogen-bond donors (Lipinski definition) is 2. The molecule has 3 saturated carbocycles. The molecule has 0 spiro atoms. The van der Waals surface area contributed by atoms with Gasteiger partial charge in [-0.15, -0.1) is 0 Å². The molecule has 2 N–H and O–H groups in total. The number of amides is 2. The lowest BCUT2D eigenvalue weighted by Gasteiger charge is -2.33.